The van der Waals surface area contributed by atoms with Crippen LogP contribution in [-0.4, -0.2) is 31.8 Å². The van der Waals surface area contributed by atoms with Crippen molar-refractivity contribution in [2.75, 3.05) is 13.2 Å². The Labute approximate surface area is 200 Å². The van der Waals surface area contributed by atoms with Gasteiger partial charge in [0.25, 0.3) is 0 Å². The average molecular weight is 487 g/mol. The third-order valence-electron chi connectivity index (χ3n) is 4.93. The first-order valence-corrected chi connectivity index (χ1v) is 12.4. The summed E-state index contributed by atoms with van der Waals surface area (Å²) in [5.74, 6) is 0.0108. The molecule has 174 valence electrons. The molecule has 0 aliphatic heterocycles. The molecule has 0 aromatic heterocycles. The van der Waals surface area contributed by atoms with E-state index in [1.54, 1.807) is 0 Å². The van der Waals surface area contributed by atoms with Crippen LogP contribution in [0.4, 0.5) is 0 Å². The van der Waals surface area contributed by atoms with Crippen molar-refractivity contribution in [3.8, 4) is 5.75 Å². The standard InChI is InChI=1S/C25H27ClN2O4S/c1-3-32-24-13-12-22(15-23(24)26)33(30,31)28(17-20-9-5-4-6-10-20)18-25(29)27-16-21-11-7-8-19(2)14-21/h4-15H,3,16-18H2,1-2H3,(H,27,29). The van der Waals surface area contributed by atoms with E-state index in [0.717, 1.165) is 21.0 Å². The van der Waals surface area contributed by atoms with E-state index in [9.17, 15) is 13.2 Å². The van der Waals surface area contributed by atoms with E-state index in [4.69, 9.17) is 16.3 Å². The van der Waals surface area contributed by atoms with E-state index >= 15 is 0 Å². The van der Waals surface area contributed by atoms with E-state index in [1.165, 1.54) is 18.2 Å². The van der Waals surface area contributed by atoms with Crippen molar-refractivity contribution in [2.45, 2.75) is 31.8 Å². The molecule has 1 N–H and O–H groups in total. The lowest BCUT2D eigenvalue weighted by atomic mass is 10.1. The van der Waals surface area contributed by atoms with Gasteiger partial charge in [-0.05, 0) is 43.2 Å². The van der Waals surface area contributed by atoms with Crippen molar-refractivity contribution in [3.05, 3.63) is 94.5 Å². The number of nitrogens with one attached hydrogen (secondary N) is 1. The molecule has 0 spiro atoms. The zero-order chi connectivity index (χ0) is 23.8. The highest BCUT2D eigenvalue weighted by Crippen LogP contribution is 2.29. The lowest BCUT2D eigenvalue weighted by molar-refractivity contribution is -0.121. The molecule has 33 heavy (non-hydrogen) atoms. The molecule has 0 saturated carbocycles. The van der Waals surface area contributed by atoms with Crippen molar-refractivity contribution in [3.63, 3.8) is 0 Å². The van der Waals surface area contributed by atoms with Crippen molar-refractivity contribution >= 4 is 27.5 Å². The van der Waals surface area contributed by atoms with Gasteiger partial charge in [-0.25, -0.2) is 8.42 Å². The van der Waals surface area contributed by atoms with Crippen LogP contribution in [0.1, 0.15) is 23.6 Å². The lowest BCUT2D eigenvalue weighted by Crippen LogP contribution is -2.40. The maximum absolute atomic E-state index is 13.5. The Kier molecular flexibility index (Phi) is 8.49. The zero-order valence-corrected chi connectivity index (χ0v) is 20.2. The number of benzene rings is 3. The summed E-state index contributed by atoms with van der Waals surface area (Å²) in [6.07, 6.45) is 0. The molecule has 0 bridgehead atoms. The van der Waals surface area contributed by atoms with Crippen LogP contribution in [0.3, 0.4) is 0 Å². The summed E-state index contributed by atoms with van der Waals surface area (Å²) in [5.41, 5.74) is 2.80. The molecule has 3 aromatic rings. The largest absolute Gasteiger partial charge is 0.492 e. The highest BCUT2D eigenvalue weighted by Gasteiger charge is 2.27. The van der Waals surface area contributed by atoms with E-state index in [-0.39, 0.29) is 23.0 Å². The molecule has 0 saturated heterocycles. The highest BCUT2D eigenvalue weighted by molar-refractivity contribution is 7.89. The molecular formula is C25H27ClN2O4S. The van der Waals surface area contributed by atoms with Gasteiger partial charge in [0.05, 0.1) is 23.1 Å². The maximum atomic E-state index is 13.5. The molecule has 8 heteroatoms. The lowest BCUT2D eigenvalue weighted by Gasteiger charge is -2.22. The third-order valence-corrected chi connectivity index (χ3v) is 7.02. The Balaban J connectivity index is 1.82. The van der Waals surface area contributed by atoms with Crippen LogP contribution >= 0.6 is 11.6 Å². The molecule has 0 radical (unpaired) electrons. The number of hydrogen-bond donors (Lipinski definition) is 1. The monoisotopic (exact) mass is 486 g/mol. The van der Waals surface area contributed by atoms with Crippen molar-refractivity contribution in [2.24, 2.45) is 0 Å². The Morgan fingerprint density at radius 3 is 2.39 bits per heavy atom. The Morgan fingerprint density at radius 2 is 1.73 bits per heavy atom. The van der Waals surface area contributed by atoms with E-state index in [2.05, 4.69) is 5.32 Å². The summed E-state index contributed by atoms with van der Waals surface area (Å²) in [5, 5.41) is 3.01. The molecule has 0 heterocycles. The number of amides is 1. The molecule has 6 nitrogen and oxygen atoms in total. The molecule has 0 unspecified atom stereocenters. The minimum Gasteiger partial charge on any atom is -0.492 e. The minimum absolute atomic E-state index is 0.00151. The summed E-state index contributed by atoms with van der Waals surface area (Å²) in [6.45, 7) is 4.24. The zero-order valence-electron chi connectivity index (χ0n) is 18.6. The predicted molar refractivity (Wildman–Crippen MR) is 130 cm³/mol. The summed E-state index contributed by atoms with van der Waals surface area (Å²) >= 11 is 6.23. The van der Waals surface area contributed by atoms with Crippen LogP contribution in [-0.2, 0) is 27.9 Å². The fraction of sp³-hybridized carbons (Fsp3) is 0.240. The van der Waals surface area contributed by atoms with Gasteiger partial charge in [-0.15, -0.1) is 0 Å². The summed E-state index contributed by atoms with van der Waals surface area (Å²) in [4.78, 5) is 12.7. The second kappa shape index (κ2) is 11.3. The van der Waals surface area contributed by atoms with Crippen LogP contribution in [0.15, 0.2) is 77.7 Å². The minimum atomic E-state index is -4.01. The first kappa shape index (κ1) is 24.8. The quantitative estimate of drug-likeness (QED) is 0.456. The maximum Gasteiger partial charge on any atom is 0.243 e. The fourth-order valence-electron chi connectivity index (χ4n) is 3.32. The first-order chi connectivity index (χ1) is 15.8. The highest BCUT2D eigenvalue weighted by atomic mass is 35.5. The summed E-state index contributed by atoms with van der Waals surface area (Å²) in [7, 11) is -4.01. The first-order valence-electron chi connectivity index (χ1n) is 10.6. The van der Waals surface area contributed by atoms with E-state index in [1.807, 2.05) is 68.4 Å². The van der Waals surface area contributed by atoms with Gasteiger partial charge in [0.2, 0.25) is 15.9 Å². The van der Waals surface area contributed by atoms with Crippen LogP contribution in [0.5, 0.6) is 5.75 Å². The molecule has 0 aliphatic carbocycles. The van der Waals surface area contributed by atoms with Gasteiger partial charge in [0.1, 0.15) is 5.75 Å². The Morgan fingerprint density at radius 1 is 1.00 bits per heavy atom. The SMILES string of the molecule is CCOc1ccc(S(=O)(=O)N(CC(=O)NCc2cccc(C)c2)Cc2ccccc2)cc1Cl. The number of aryl methyl sites for hydroxylation is 1. The molecule has 3 rings (SSSR count). The Bertz CT molecular complexity index is 1200. The summed E-state index contributed by atoms with van der Waals surface area (Å²) < 4.78 is 33.5. The second-order valence-electron chi connectivity index (χ2n) is 7.55. The van der Waals surface area contributed by atoms with Gasteiger partial charge >= 0.3 is 0 Å². The fourth-order valence-corrected chi connectivity index (χ4v) is 5.03. The van der Waals surface area contributed by atoms with Crippen molar-refractivity contribution in [1.82, 2.24) is 9.62 Å². The molecule has 0 fully saturated rings. The number of ether oxygens (including phenoxy) is 1. The number of rotatable bonds is 10. The Hall–Kier alpha value is -2.87. The predicted octanol–water partition coefficient (Wildman–Crippen LogP) is 4.55. The van der Waals surface area contributed by atoms with Gasteiger partial charge in [-0.1, -0.05) is 71.8 Å². The van der Waals surface area contributed by atoms with Crippen molar-refractivity contribution in [1.29, 1.82) is 0 Å². The van der Waals surface area contributed by atoms with E-state index in [0.29, 0.717) is 18.9 Å². The normalized spacial score (nSPS) is 11.4. The van der Waals surface area contributed by atoms with Crippen molar-refractivity contribution < 1.29 is 17.9 Å². The van der Waals surface area contributed by atoms with Crippen LogP contribution in [0, 0.1) is 6.92 Å². The molecule has 3 aromatic carbocycles. The molecular weight excluding hydrogens is 460 g/mol. The van der Waals surface area contributed by atoms with Crippen LogP contribution < -0.4 is 10.1 Å². The third kappa shape index (κ3) is 6.81. The second-order valence-corrected chi connectivity index (χ2v) is 9.89. The van der Waals surface area contributed by atoms with Crippen LogP contribution in [0.25, 0.3) is 0 Å². The molecule has 0 aliphatic rings. The van der Waals surface area contributed by atoms with Gasteiger partial charge in [-0.3, -0.25) is 4.79 Å². The van der Waals surface area contributed by atoms with Crippen LogP contribution in [0.2, 0.25) is 5.02 Å². The number of carbonyl (C=O) groups excluding carboxylic acids is 1. The van der Waals surface area contributed by atoms with E-state index < -0.39 is 15.9 Å². The average Bonchev–Trinajstić information content (AvgIpc) is 2.79. The van der Waals surface area contributed by atoms with Gasteiger partial charge in [0.15, 0.2) is 0 Å². The number of nitrogens with zero attached hydrogens (tertiary/aromatic N) is 1. The molecule has 1 amide bonds. The summed E-state index contributed by atoms with van der Waals surface area (Å²) in [6, 6.07) is 21.2. The van der Waals surface area contributed by atoms with Gasteiger partial charge < -0.3 is 10.1 Å². The number of halogens is 1. The smallest absolute Gasteiger partial charge is 0.243 e. The topological polar surface area (TPSA) is 75.7 Å². The van der Waals surface area contributed by atoms with Gasteiger partial charge in [-0.2, -0.15) is 4.31 Å². The number of carbonyl (C=O) groups is 1. The van der Waals surface area contributed by atoms with Gasteiger partial charge in [0, 0.05) is 13.1 Å². The number of hydrogen-bond acceptors (Lipinski definition) is 4. The number of sulfonamides is 1. The molecule has 0 atom stereocenters.